The lowest BCUT2D eigenvalue weighted by atomic mass is 9.79. The largest absolute Gasteiger partial charge is 0.385 e. The van der Waals surface area contributed by atoms with Crippen molar-refractivity contribution in [1.82, 2.24) is 9.78 Å². The Morgan fingerprint density at radius 1 is 1.34 bits per heavy atom. The first-order valence-electron chi connectivity index (χ1n) is 8.57. The molecule has 156 valence electrons. The van der Waals surface area contributed by atoms with Crippen LogP contribution in [0.4, 0.5) is 27.6 Å². The molecule has 0 aliphatic carbocycles. The molecule has 11 heteroatoms. The standard InChI is InChI=1S/C18H18F5N5O/c1-17(23)8-13(20)18(2,26-15(17)24)10-7-9(3-4-11(10)19)25-14(29)12-5-6-28(27-12)16(21)22/h3-7,13,16H,8H2,1-2H3,(H2,24,26)(H,25,29)/t13-,17+,18+/m0/s1. The molecular formula is C18H18F5N5O. The third-order valence-corrected chi connectivity index (χ3v) is 4.87. The summed E-state index contributed by atoms with van der Waals surface area (Å²) >= 11 is 0. The molecule has 0 fully saturated rings. The zero-order valence-electron chi connectivity index (χ0n) is 15.5. The number of carbonyl (C=O) groups is 1. The molecule has 0 spiro atoms. The first-order chi connectivity index (χ1) is 13.4. The van der Waals surface area contributed by atoms with Gasteiger partial charge in [0.05, 0.1) is 0 Å². The highest BCUT2D eigenvalue weighted by Gasteiger charge is 2.49. The van der Waals surface area contributed by atoms with Crippen molar-refractivity contribution >= 4 is 17.4 Å². The number of rotatable bonds is 4. The monoisotopic (exact) mass is 415 g/mol. The number of hydrogen-bond donors (Lipinski definition) is 2. The fourth-order valence-corrected chi connectivity index (χ4v) is 3.06. The van der Waals surface area contributed by atoms with Crippen LogP contribution in [-0.2, 0) is 5.54 Å². The van der Waals surface area contributed by atoms with E-state index in [4.69, 9.17) is 5.73 Å². The minimum Gasteiger partial charge on any atom is -0.385 e. The molecule has 3 atom stereocenters. The van der Waals surface area contributed by atoms with Crippen LogP contribution in [0.3, 0.4) is 0 Å². The number of nitrogens with one attached hydrogen (secondary N) is 1. The van der Waals surface area contributed by atoms with E-state index in [1.165, 1.54) is 13.0 Å². The maximum atomic E-state index is 14.8. The van der Waals surface area contributed by atoms with Gasteiger partial charge in [-0.05, 0) is 38.1 Å². The average Bonchev–Trinajstić information content (AvgIpc) is 3.12. The Kier molecular flexibility index (Phi) is 5.10. The number of nitrogens with two attached hydrogens (primary N) is 1. The second kappa shape index (κ2) is 7.12. The van der Waals surface area contributed by atoms with Crippen molar-refractivity contribution in [3.63, 3.8) is 0 Å². The zero-order valence-corrected chi connectivity index (χ0v) is 15.5. The molecule has 1 aromatic carbocycles. The van der Waals surface area contributed by atoms with Gasteiger partial charge in [-0.15, -0.1) is 0 Å². The predicted octanol–water partition coefficient (Wildman–Crippen LogP) is 3.71. The number of aliphatic imine (C=N–C) groups is 1. The van der Waals surface area contributed by atoms with E-state index in [1.807, 2.05) is 0 Å². The second-order valence-corrected chi connectivity index (χ2v) is 7.12. The Hall–Kier alpha value is -2.98. The first-order valence-corrected chi connectivity index (χ1v) is 8.57. The van der Waals surface area contributed by atoms with Crippen molar-refractivity contribution < 1.29 is 26.7 Å². The molecule has 2 aromatic rings. The van der Waals surface area contributed by atoms with E-state index in [2.05, 4.69) is 15.4 Å². The number of hydrogen-bond acceptors (Lipinski definition) is 4. The summed E-state index contributed by atoms with van der Waals surface area (Å²) in [6.45, 7) is -0.552. The highest BCUT2D eigenvalue weighted by molar-refractivity contribution is 6.02. The van der Waals surface area contributed by atoms with Gasteiger partial charge in [0.1, 0.15) is 23.4 Å². The Morgan fingerprint density at radius 2 is 2.03 bits per heavy atom. The van der Waals surface area contributed by atoms with E-state index in [0.717, 1.165) is 31.3 Å². The number of anilines is 1. The van der Waals surface area contributed by atoms with Gasteiger partial charge in [0.15, 0.2) is 11.4 Å². The average molecular weight is 415 g/mol. The smallest absolute Gasteiger partial charge is 0.333 e. The first kappa shape index (κ1) is 20.7. The summed E-state index contributed by atoms with van der Waals surface area (Å²) in [6, 6.07) is 4.41. The van der Waals surface area contributed by atoms with Gasteiger partial charge in [0.2, 0.25) is 0 Å². The normalized spacial score (nSPS) is 27.0. The molecule has 3 N–H and O–H groups in total. The van der Waals surface area contributed by atoms with Crippen molar-refractivity contribution in [2.45, 2.75) is 44.2 Å². The maximum absolute atomic E-state index is 14.8. The molecule has 1 amide bonds. The molecule has 0 saturated carbocycles. The van der Waals surface area contributed by atoms with E-state index in [9.17, 15) is 26.7 Å². The van der Waals surface area contributed by atoms with Gasteiger partial charge in [-0.3, -0.25) is 9.79 Å². The van der Waals surface area contributed by atoms with E-state index in [-0.39, 0.29) is 16.9 Å². The molecule has 1 aliphatic heterocycles. The fourth-order valence-electron chi connectivity index (χ4n) is 3.06. The number of carbonyl (C=O) groups excluding carboxylic acids is 1. The summed E-state index contributed by atoms with van der Waals surface area (Å²) in [5.74, 6) is -2.11. The number of aromatic nitrogens is 2. The van der Waals surface area contributed by atoms with E-state index in [0.29, 0.717) is 4.68 Å². The summed E-state index contributed by atoms with van der Waals surface area (Å²) in [5, 5.41) is 5.80. The van der Waals surface area contributed by atoms with Crippen LogP contribution in [0.15, 0.2) is 35.5 Å². The number of nitrogens with zero attached hydrogens (tertiary/aromatic N) is 3. The summed E-state index contributed by atoms with van der Waals surface area (Å²) in [6.07, 6.45) is -1.57. The van der Waals surface area contributed by atoms with Crippen molar-refractivity contribution in [2.75, 3.05) is 5.32 Å². The quantitative estimate of drug-likeness (QED) is 0.747. The van der Waals surface area contributed by atoms with Gasteiger partial charge in [0, 0.05) is 23.9 Å². The van der Waals surface area contributed by atoms with Gasteiger partial charge < -0.3 is 11.1 Å². The molecule has 0 unspecified atom stereocenters. The van der Waals surface area contributed by atoms with Crippen molar-refractivity contribution in [2.24, 2.45) is 10.7 Å². The van der Waals surface area contributed by atoms with Crippen LogP contribution in [0.2, 0.25) is 0 Å². The zero-order chi connectivity index (χ0) is 21.6. The molecule has 29 heavy (non-hydrogen) atoms. The lowest BCUT2D eigenvalue weighted by Gasteiger charge is -2.38. The van der Waals surface area contributed by atoms with Crippen molar-refractivity contribution in [3.05, 3.63) is 47.5 Å². The summed E-state index contributed by atoms with van der Waals surface area (Å²) in [5.41, 5.74) is 1.15. The van der Waals surface area contributed by atoms with Gasteiger partial charge in [-0.1, -0.05) is 0 Å². The molecule has 0 bridgehead atoms. The third-order valence-electron chi connectivity index (χ3n) is 4.87. The highest BCUT2D eigenvalue weighted by Crippen LogP contribution is 2.42. The Labute approximate surface area is 162 Å². The number of benzene rings is 1. The molecule has 0 radical (unpaired) electrons. The summed E-state index contributed by atoms with van der Waals surface area (Å²) < 4.78 is 69.0. The summed E-state index contributed by atoms with van der Waals surface area (Å²) in [4.78, 5) is 16.1. The minimum absolute atomic E-state index is 0.0498. The van der Waals surface area contributed by atoms with Gasteiger partial charge >= 0.3 is 6.55 Å². The van der Waals surface area contributed by atoms with Crippen LogP contribution in [0.5, 0.6) is 0 Å². The van der Waals surface area contributed by atoms with Crippen molar-refractivity contribution in [3.8, 4) is 0 Å². The molecule has 3 rings (SSSR count). The number of amides is 1. The molecular weight excluding hydrogens is 397 g/mol. The number of halogens is 5. The van der Waals surface area contributed by atoms with E-state index >= 15 is 0 Å². The second-order valence-electron chi connectivity index (χ2n) is 7.12. The van der Waals surface area contributed by atoms with Crippen LogP contribution >= 0.6 is 0 Å². The Morgan fingerprint density at radius 3 is 2.66 bits per heavy atom. The van der Waals surface area contributed by atoms with Crippen LogP contribution in [0.25, 0.3) is 0 Å². The van der Waals surface area contributed by atoms with Crippen molar-refractivity contribution in [1.29, 1.82) is 0 Å². The molecule has 1 aromatic heterocycles. The van der Waals surface area contributed by atoms with Crippen LogP contribution in [0, 0.1) is 5.82 Å². The van der Waals surface area contributed by atoms with Crippen LogP contribution < -0.4 is 11.1 Å². The molecule has 0 saturated heterocycles. The SMILES string of the molecule is C[C@@]1(F)C[C@H](F)[C@@](C)(c2cc(NC(=O)c3ccn(C(F)F)n3)ccc2F)N=C1N. The van der Waals surface area contributed by atoms with E-state index < -0.39 is 47.9 Å². The lowest BCUT2D eigenvalue weighted by Crippen LogP contribution is -2.51. The van der Waals surface area contributed by atoms with E-state index in [1.54, 1.807) is 0 Å². The number of amidine groups is 1. The van der Waals surface area contributed by atoms with Gasteiger partial charge in [-0.2, -0.15) is 13.9 Å². The molecule has 2 heterocycles. The summed E-state index contributed by atoms with van der Waals surface area (Å²) in [7, 11) is 0. The third kappa shape index (κ3) is 3.81. The Balaban J connectivity index is 1.92. The topological polar surface area (TPSA) is 85.3 Å². The van der Waals surface area contributed by atoms with Gasteiger partial charge in [0.25, 0.3) is 5.91 Å². The maximum Gasteiger partial charge on any atom is 0.333 e. The lowest BCUT2D eigenvalue weighted by molar-refractivity contribution is 0.0561. The Bertz CT molecular complexity index is 973. The van der Waals surface area contributed by atoms with Gasteiger partial charge in [-0.25, -0.2) is 17.9 Å². The fraction of sp³-hybridized carbons (Fsp3) is 0.389. The van der Waals surface area contributed by atoms with Crippen LogP contribution in [-0.4, -0.2) is 33.4 Å². The predicted molar refractivity (Wildman–Crippen MR) is 95.8 cm³/mol. The number of alkyl halides is 4. The van der Waals surface area contributed by atoms with Crippen LogP contribution in [0.1, 0.15) is 42.9 Å². The highest BCUT2D eigenvalue weighted by atomic mass is 19.3. The molecule has 1 aliphatic rings. The minimum atomic E-state index is -2.91. The molecule has 6 nitrogen and oxygen atoms in total.